The number of anilines is 4. The van der Waals surface area contributed by atoms with E-state index in [9.17, 15) is 4.79 Å². The highest BCUT2D eigenvalue weighted by atomic mass is 16.1. The smallest absolute Gasteiger partial charge is 0.274 e. The maximum absolute atomic E-state index is 12.6. The average molecular weight is 384 g/mol. The first kappa shape index (κ1) is 18.4. The van der Waals surface area contributed by atoms with Gasteiger partial charge in [0.25, 0.3) is 5.91 Å². The third-order valence-corrected chi connectivity index (χ3v) is 4.78. The second-order valence-corrected chi connectivity index (χ2v) is 6.80. The molecule has 0 aliphatic carbocycles. The van der Waals surface area contributed by atoms with Gasteiger partial charge in [-0.25, -0.2) is 9.97 Å². The molecule has 2 N–H and O–H groups in total. The first-order valence-corrected chi connectivity index (χ1v) is 9.47. The molecule has 2 aromatic carbocycles. The van der Waals surface area contributed by atoms with Crippen molar-refractivity contribution < 1.29 is 4.79 Å². The Morgan fingerprint density at radius 1 is 0.966 bits per heavy atom. The molecule has 0 saturated carbocycles. The molecule has 3 aromatic rings. The summed E-state index contributed by atoms with van der Waals surface area (Å²) < 4.78 is 0. The SMILES string of the molecule is N#Cc1ccc(Nc2cc(C(=O)Nc3ccc(N4CCCC4)cc3)ncn2)cc1. The van der Waals surface area contributed by atoms with Crippen LogP contribution in [0.15, 0.2) is 60.9 Å². The van der Waals surface area contributed by atoms with Crippen LogP contribution in [0.4, 0.5) is 22.9 Å². The summed E-state index contributed by atoms with van der Waals surface area (Å²) in [5.41, 5.74) is 3.51. The van der Waals surface area contributed by atoms with Gasteiger partial charge >= 0.3 is 0 Å². The van der Waals surface area contributed by atoms with Gasteiger partial charge in [-0.05, 0) is 61.4 Å². The molecule has 1 aliphatic heterocycles. The van der Waals surface area contributed by atoms with Gasteiger partial charge in [0, 0.05) is 36.2 Å². The Morgan fingerprint density at radius 3 is 2.34 bits per heavy atom. The van der Waals surface area contributed by atoms with Gasteiger partial charge in [0.1, 0.15) is 17.8 Å². The molecule has 0 spiro atoms. The molecule has 0 bridgehead atoms. The van der Waals surface area contributed by atoms with Crippen molar-refractivity contribution in [3.8, 4) is 6.07 Å². The molecule has 2 heterocycles. The van der Waals surface area contributed by atoms with Crippen molar-refractivity contribution in [1.29, 1.82) is 5.26 Å². The summed E-state index contributed by atoms with van der Waals surface area (Å²) in [7, 11) is 0. The van der Waals surface area contributed by atoms with Gasteiger partial charge in [-0.15, -0.1) is 0 Å². The van der Waals surface area contributed by atoms with E-state index in [-0.39, 0.29) is 11.6 Å². The van der Waals surface area contributed by atoms with Crippen LogP contribution >= 0.6 is 0 Å². The number of carbonyl (C=O) groups excluding carboxylic acids is 1. The van der Waals surface area contributed by atoms with Crippen LogP contribution < -0.4 is 15.5 Å². The van der Waals surface area contributed by atoms with Gasteiger partial charge in [0.05, 0.1) is 11.6 Å². The van der Waals surface area contributed by atoms with E-state index in [1.54, 1.807) is 30.3 Å². The maximum atomic E-state index is 12.6. The number of amides is 1. The first-order valence-electron chi connectivity index (χ1n) is 9.47. The number of rotatable bonds is 5. The van der Waals surface area contributed by atoms with Gasteiger partial charge < -0.3 is 15.5 Å². The number of nitrogens with one attached hydrogen (secondary N) is 2. The van der Waals surface area contributed by atoms with E-state index >= 15 is 0 Å². The van der Waals surface area contributed by atoms with Crippen molar-refractivity contribution >= 4 is 28.8 Å². The van der Waals surface area contributed by atoms with E-state index in [0.29, 0.717) is 11.4 Å². The van der Waals surface area contributed by atoms with Gasteiger partial charge in [-0.3, -0.25) is 4.79 Å². The molecule has 29 heavy (non-hydrogen) atoms. The van der Waals surface area contributed by atoms with Gasteiger partial charge in [0.15, 0.2) is 0 Å². The topological polar surface area (TPSA) is 93.9 Å². The summed E-state index contributed by atoms with van der Waals surface area (Å²) in [6.45, 7) is 2.17. The monoisotopic (exact) mass is 384 g/mol. The number of nitriles is 1. The Kier molecular flexibility index (Phi) is 5.34. The van der Waals surface area contributed by atoms with Crippen molar-refractivity contribution in [1.82, 2.24) is 9.97 Å². The highest BCUT2D eigenvalue weighted by molar-refractivity contribution is 6.03. The third-order valence-electron chi connectivity index (χ3n) is 4.78. The van der Waals surface area contributed by atoms with Crippen LogP contribution in [0.1, 0.15) is 28.9 Å². The molecular weight excluding hydrogens is 364 g/mol. The number of hydrogen-bond acceptors (Lipinski definition) is 6. The van der Waals surface area contributed by atoms with Gasteiger partial charge in [-0.1, -0.05) is 0 Å². The summed E-state index contributed by atoms with van der Waals surface area (Å²) in [6, 6.07) is 18.5. The predicted molar refractivity (Wildman–Crippen MR) is 112 cm³/mol. The summed E-state index contributed by atoms with van der Waals surface area (Å²) >= 11 is 0. The van der Waals surface area contributed by atoms with E-state index in [0.717, 1.165) is 24.5 Å². The molecule has 144 valence electrons. The first-order chi connectivity index (χ1) is 14.2. The van der Waals surface area contributed by atoms with Crippen molar-refractivity contribution in [2.24, 2.45) is 0 Å². The molecule has 0 radical (unpaired) electrons. The second kappa shape index (κ2) is 8.40. The lowest BCUT2D eigenvalue weighted by molar-refractivity contribution is 0.102. The van der Waals surface area contributed by atoms with Crippen LogP contribution in [0.2, 0.25) is 0 Å². The second-order valence-electron chi connectivity index (χ2n) is 6.80. The maximum Gasteiger partial charge on any atom is 0.274 e. The fourth-order valence-electron chi connectivity index (χ4n) is 3.25. The van der Waals surface area contributed by atoms with Crippen LogP contribution in [0, 0.1) is 11.3 Å². The van der Waals surface area contributed by atoms with E-state index < -0.39 is 0 Å². The van der Waals surface area contributed by atoms with Crippen LogP contribution in [0.5, 0.6) is 0 Å². The molecule has 0 unspecified atom stereocenters. The number of carbonyl (C=O) groups is 1. The Hall–Kier alpha value is -3.92. The minimum Gasteiger partial charge on any atom is -0.372 e. The molecular formula is C22H20N6O. The summed E-state index contributed by atoms with van der Waals surface area (Å²) in [4.78, 5) is 23.1. The molecule has 1 saturated heterocycles. The predicted octanol–water partition coefficient (Wildman–Crippen LogP) is 3.94. The summed E-state index contributed by atoms with van der Waals surface area (Å²) in [5, 5.41) is 14.8. The van der Waals surface area contributed by atoms with Crippen LogP contribution in [-0.4, -0.2) is 29.0 Å². The van der Waals surface area contributed by atoms with Crippen molar-refractivity contribution in [2.45, 2.75) is 12.8 Å². The van der Waals surface area contributed by atoms with Gasteiger partial charge in [-0.2, -0.15) is 5.26 Å². The van der Waals surface area contributed by atoms with Crippen molar-refractivity contribution in [3.05, 3.63) is 72.2 Å². The molecule has 7 nitrogen and oxygen atoms in total. The lowest BCUT2D eigenvalue weighted by Crippen LogP contribution is -2.18. The van der Waals surface area contributed by atoms with Crippen LogP contribution in [0.25, 0.3) is 0 Å². The van der Waals surface area contributed by atoms with E-state index in [2.05, 4.69) is 31.6 Å². The number of nitrogens with zero attached hydrogens (tertiary/aromatic N) is 4. The Morgan fingerprint density at radius 2 is 1.66 bits per heavy atom. The minimum atomic E-state index is -0.302. The summed E-state index contributed by atoms with van der Waals surface area (Å²) in [5.74, 6) is 0.198. The lowest BCUT2D eigenvalue weighted by Gasteiger charge is -2.17. The number of hydrogen-bond donors (Lipinski definition) is 2. The molecule has 7 heteroatoms. The highest BCUT2D eigenvalue weighted by Gasteiger charge is 2.13. The zero-order valence-corrected chi connectivity index (χ0v) is 15.8. The molecule has 1 aliphatic rings. The zero-order valence-electron chi connectivity index (χ0n) is 15.8. The lowest BCUT2D eigenvalue weighted by atomic mass is 10.2. The largest absolute Gasteiger partial charge is 0.372 e. The number of aromatic nitrogens is 2. The molecule has 1 amide bonds. The van der Waals surface area contributed by atoms with E-state index in [1.165, 1.54) is 24.9 Å². The van der Waals surface area contributed by atoms with Crippen molar-refractivity contribution in [3.63, 3.8) is 0 Å². The number of benzene rings is 2. The molecule has 0 atom stereocenters. The fourth-order valence-corrected chi connectivity index (χ4v) is 3.25. The fraction of sp³-hybridized carbons (Fsp3) is 0.182. The van der Waals surface area contributed by atoms with Gasteiger partial charge in [0.2, 0.25) is 0 Å². The van der Waals surface area contributed by atoms with E-state index in [4.69, 9.17) is 5.26 Å². The van der Waals surface area contributed by atoms with E-state index in [1.807, 2.05) is 24.3 Å². The normalized spacial score (nSPS) is 13.0. The van der Waals surface area contributed by atoms with Crippen LogP contribution in [0.3, 0.4) is 0 Å². The Balaban J connectivity index is 1.42. The average Bonchev–Trinajstić information content (AvgIpc) is 3.30. The Labute approximate surface area is 169 Å². The Bertz CT molecular complexity index is 1030. The summed E-state index contributed by atoms with van der Waals surface area (Å²) in [6.07, 6.45) is 3.80. The zero-order chi connectivity index (χ0) is 20.1. The standard InChI is InChI=1S/C22H20N6O/c23-14-16-3-5-17(6-4-16)26-21-13-20(24-15-25-21)22(29)27-18-7-9-19(10-8-18)28-11-1-2-12-28/h3-10,13,15H,1-2,11-12H2,(H,27,29)(H,24,25,26). The molecule has 1 aromatic heterocycles. The molecule has 4 rings (SSSR count). The minimum absolute atomic E-state index is 0.264. The third kappa shape index (κ3) is 4.50. The quantitative estimate of drug-likeness (QED) is 0.692. The van der Waals surface area contributed by atoms with Crippen molar-refractivity contribution in [2.75, 3.05) is 28.6 Å². The highest BCUT2D eigenvalue weighted by Crippen LogP contribution is 2.22. The molecule has 1 fully saturated rings. The van der Waals surface area contributed by atoms with Crippen LogP contribution in [-0.2, 0) is 0 Å².